The van der Waals surface area contributed by atoms with Crippen molar-refractivity contribution in [3.05, 3.63) is 23.9 Å². The molecule has 21 heavy (non-hydrogen) atoms. The van der Waals surface area contributed by atoms with Crippen LogP contribution in [0.15, 0.2) is 18.2 Å². The van der Waals surface area contributed by atoms with Crippen molar-refractivity contribution in [2.24, 2.45) is 5.73 Å². The summed E-state index contributed by atoms with van der Waals surface area (Å²) in [4.78, 5) is 7.15. The van der Waals surface area contributed by atoms with Gasteiger partial charge in [-0.15, -0.1) is 0 Å². The maximum Gasteiger partial charge on any atom is 0.213 e. The van der Waals surface area contributed by atoms with Crippen molar-refractivity contribution < 1.29 is 4.74 Å². The van der Waals surface area contributed by atoms with Gasteiger partial charge in [-0.2, -0.15) is 0 Å². The molecule has 1 saturated carbocycles. The van der Waals surface area contributed by atoms with Crippen LogP contribution in [0.25, 0.3) is 0 Å². The van der Waals surface area contributed by atoms with Crippen LogP contribution in [0.1, 0.15) is 50.6 Å². The molecule has 4 nitrogen and oxygen atoms in total. The average molecular weight is 291 g/mol. The SMILES string of the molecule is COc1cccc(CN(CCCN)C2CCCCCC2)n1. The van der Waals surface area contributed by atoms with E-state index in [0.717, 1.165) is 31.7 Å². The van der Waals surface area contributed by atoms with E-state index in [9.17, 15) is 0 Å². The van der Waals surface area contributed by atoms with Crippen LogP contribution in [-0.2, 0) is 6.54 Å². The van der Waals surface area contributed by atoms with E-state index < -0.39 is 0 Å². The number of aromatic nitrogens is 1. The summed E-state index contributed by atoms with van der Waals surface area (Å²) in [6.45, 7) is 2.73. The Morgan fingerprint density at radius 3 is 2.67 bits per heavy atom. The summed E-state index contributed by atoms with van der Waals surface area (Å²) in [5.41, 5.74) is 6.81. The number of hydrogen-bond acceptors (Lipinski definition) is 4. The van der Waals surface area contributed by atoms with Crippen LogP contribution in [0.5, 0.6) is 5.88 Å². The molecule has 0 unspecified atom stereocenters. The molecule has 0 aromatic carbocycles. The predicted molar refractivity (Wildman–Crippen MR) is 86.4 cm³/mol. The first-order valence-corrected chi connectivity index (χ1v) is 8.27. The minimum atomic E-state index is 0.687. The number of hydrogen-bond donors (Lipinski definition) is 1. The second-order valence-corrected chi connectivity index (χ2v) is 5.93. The highest BCUT2D eigenvalue weighted by Gasteiger charge is 2.20. The summed E-state index contributed by atoms with van der Waals surface area (Å²) in [6.07, 6.45) is 9.17. The number of ether oxygens (including phenoxy) is 1. The van der Waals surface area contributed by atoms with E-state index in [0.29, 0.717) is 11.9 Å². The molecule has 2 N–H and O–H groups in total. The first kappa shape index (κ1) is 16.2. The molecule has 0 saturated heterocycles. The predicted octanol–water partition coefficient (Wildman–Crippen LogP) is 2.96. The van der Waals surface area contributed by atoms with Gasteiger partial charge in [0.25, 0.3) is 0 Å². The molecule has 0 aliphatic heterocycles. The van der Waals surface area contributed by atoms with Gasteiger partial charge in [0.2, 0.25) is 5.88 Å². The molecular weight excluding hydrogens is 262 g/mol. The minimum absolute atomic E-state index is 0.687. The third kappa shape index (κ3) is 5.29. The zero-order valence-corrected chi connectivity index (χ0v) is 13.3. The molecule has 0 amide bonds. The average Bonchev–Trinajstić information content (AvgIpc) is 2.81. The van der Waals surface area contributed by atoms with Crippen LogP contribution >= 0.6 is 0 Å². The Kier molecular flexibility index (Phi) is 6.96. The fraction of sp³-hybridized carbons (Fsp3) is 0.706. The molecule has 1 aliphatic rings. The lowest BCUT2D eigenvalue weighted by molar-refractivity contribution is 0.167. The Hall–Kier alpha value is -1.13. The van der Waals surface area contributed by atoms with E-state index in [1.165, 1.54) is 38.5 Å². The number of methoxy groups -OCH3 is 1. The molecule has 118 valence electrons. The lowest BCUT2D eigenvalue weighted by Crippen LogP contribution is -2.36. The topological polar surface area (TPSA) is 51.4 Å². The summed E-state index contributed by atoms with van der Waals surface area (Å²) in [7, 11) is 1.67. The van der Waals surface area contributed by atoms with E-state index >= 15 is 0 Å². The minimum Gasteiger partial charge on any atom is -0.481 e. The zero-order valence-electron chi connectivity index (χ0n) is 13.3. The highest BCUT2D eigenvalue weighted by atomic mass is 16.5. The van der Waals surface area contributed by atoms with E-state index in [-0.39, 0.29) is 0 Å². The molecule has 1 heterocycles. The molecule has 4 heteroatoms. The van der Waals surface area contributed by atoms with E-state index in [4.69, 9.17) is 10.5 Å². The fourth-order valence-electron chi connectivity index (χ4n) is 3.18. The summed E-state index contributed by atoms with van der Waals surface area (Å²) >= 11 is 0. The quantitative estimate of drug-likeness (QED) is 0.785. The van der Waals surface area contributed by atoms with Gasteiger partial charge in [-0.1, -0.05) is 31.7 Å². The van der Waals surface area contributed by atoms with Gasteiger partial charge in [-0.05, 0) is 31.9 Å². The third-order valence-electron chi connectivity index (χ3n) is 4.35. The van der Waals surface area contributed by atoms with Crippen LogP contribution in [-0.4, -0.2) is 36.1 Å². The van der Waals surface area contributed by atoms with Crippen molar-refractivity contribution in [1.82, 2.24) is 9.88 Å². The van der Waals surface area contributed by atoms with Crippen LogP contribution < -0.4 is 10.5 Å². The lowest BCUT2D eigenvalue weighted by atomic mass is 10.1. The van der Waals surface area contributed by atoms with Gasteiger partial charge >= 0.3 is 0 Å². The Bertz CT molecular complexity index is 403. The second kappa shape index (κ2) is 9.00. The molecule has 1 aliphatic carbocycles. The van der Waals surface area contributed by atoms with Gasteiger partial charge in [-0.25, -0.2) is 4.98 Å². The van der Waals surface area contributed by atoms with Crippen LogP contribution in [0.4, 0.5) is 0 Å². The number of nitrogens with two attached hydrogens (primary N) is 1. The summed E-state index contributed by atoms with van der Waals surface area (Å²) < 4.78 is 5.23. The van der Waals surface area contributed by atoms with Gasteiger partial charge in [0, 0.05) is 25.2 Å². The number of nitrogens with zero attached hydrogens (tertiary/aromatic N) is 2. The van der Waals surface area contributed by atoms with Gasteiger partial charge in [0.05, 0.1) is 12.8 Å². The summed E-state index contributed by atoms with van der Waals surface area (Å²) in [5, 5.41) is 0. The lowest BCUT2D eigenvalue weighted by Gasteiger charge is -2.31. The van der Waals surface area contributed by atoms with Crippen molar-refractivity contribution in [1.29, 1.82) is 0 Å². The van der Waals surface area contributed by atoms with Gasteiger partial charge in [-0.3, -0.25) is 4.90 Å². The third-order valence-corrected chi connectivity index (χ3v) is 4.35. The molecule has 0 radical (unpaired) electrons. The highest BCUT2D eigenvalue weighted by Crippen LogP contribution is 2.23. The van der Waals surface area contributed by atoms with Crippen molar-refractivity contribution in [3.8, 4) is 5.88 Å². The largest absolute Gasteiger partial charge is 0.481 e. The van der Waals surface area contributed by atoms with Crippen molar-refractivity contribution in [3.63, 3.8) is 0 Å². The molecular formula is C17H29N3O. The maximum absolute atomic E-state index is 5.71. The molecule has 0 spiro atoms. The van der Waals surface area contributed by atoms with Crippen molar-refractivity contribution in [2.45, 2.75) is 57.5 Å². The van der Waals surface area contributed by atoms with Crippen molar-refractivity contribution in [2.75, 3.05) is 20.2 Å². The van der Waals surface area contributed by atoms with Gasteiger partial charge in [0.15, 0.2) is 0 Å². The van der Waals surface area contributed by atoms with Crippen LogP contribution in [0.2, 0.25) is 0 Å². The van der Waals surface area contributed by atoms with Crippen LogP contribution in [0, 0.1) is 0 Å². The summed E-state index contributed by atoms with van der Waals surface area (Å²) in [6, 6.07) is 6.70. The van der Waals surface area contributed by atoms with Crippen molar-refractivity contribution >= 4 is 0 Å². The monoisotopic (exact) mass is 291 g/mol. The number of pyridine rings is 1. The normalized spacial score (nSPS) is 16.9. The Morgan fingerprint density at radius 2 is 2.00 bits per heavy atom. The molecule has 1 aromatic heterocycles. The fourth-order valence-corrected chi connectivity index (χ4v) is 3.18. The second-order valence-electron chi connectivity index (χ2n) is 5.93. The Balaban J connectivity index is 2.03. The summed E-state index contributed by atoms with van der Waals surface area (Å²) in [5.74, 6) is 0.701. The maximum atomic E-state index is 5.71. The van der Waals surface area contributed by atoms with E-state index in [1.807, 2.05) is 12.1 Å². The van der Waals surface area contributed by atoms with E-state index in [2.05, 4.69) is 16.0 Å². The van der Waals surface area contributed by atoms with Crippen LogP contribution in [0.3, 0.4) is 0 Å². The van der Waals surface area contributed by atoms with E-state index in [1.54, 1.807) is 7.11 Å². The first-order valence-electron chi connectivity index (χ1n) is 8.27. The smallest absolute Gasteiger partial charge is 0.213 e. The molecule has 0 atom stereocenters. The Morgan fingerprint density at radius 1 is 1.24 bits per heavy atom. The molecule has 1 aromatic rings. The molecule has 2 rings (SSSR count). The standard InChI is InChI=1S/C17H29N3O/c1-21-17-11-6-8-15(19-17)14-20(13-7-12-18)16-9-4-2-3-5-10-16/h6,8,11,16H,2-5,7,9-10,12-14,18H2,1H3. The molecule has 1 fully saturated rings. The highest BCUT2D eigenvalue weighted by molar-refractivity contribution is 5.15. The van der Waals surface area contributed by atoms with Gasteiger partial charge < -0.3 is 10.5 Å². The first-order chi connectivity index (χ1) is 10.3. The number of rotatable bonds is 7. The van der Waals surface area contributed by atoms with Gasteiger partial charge in [0.1, 0.15) is 0 Å². The zero-order chi connectivity index (χ0) is 14.9. The Labute approximate surface area is 128 Å². The molecule has 0 bridgehead atoms.